The zero-order chi connectivity index (χ0) is 14.5. The number of aromatic nitrogens is 1. The standard InChI is InChI=1S/C13H10Br2N2O3/c14-6-10-4-5-11(7-16-10)20-8-9-2-1-3-12(13(9)15)17(18)19/h1-5,7H,6,8H2. The van der Waals surface area contributed by atoms with Gasteiger partial charge in [0.1, 0.15) is 16.8 Å². The summed E-state index contributed by atoms with van der Waals surface area (Å²) in [6.45, 7) is 0.234. The molecule has 20 heavy (non-hydrogen) atoms. The number of rotatable bonds is 5. The van der Waals surface area contributed by atoms with Crippen LogP contribution in [0.4, 0.5) is 5.69 Å². The van der Waals surface area contributed by atoms with Gasteiger partial charge in [0, 0.05) is 17.0 Å². The van der Waals surface area contributed by atoms with E-state index in [1.807, 2.05) is 12.1 Å². The third-order valence-electron chi connectivity index (χ3n) is 2.58. The molecular formula is C13H10Br2N2O3. The minimum Gasteiger partial charge on any atom is -0.487 e. The van der Waals surface area contributed by atoms with Crippen LogP contribution in [0.2, 0.25) is 0 Å². The summed E-state index contributed by atoms with van der Waals surface area (Å²) >= 11 is 6.55. The van der Waals surface area contributed by atoms with Gasteiger partial charge < -0.3 is 4.74 Å². The van der Waals surface area contributed by atoms with Crippen molar-refractivity contribution in [3.05, 3.63) is 62.4 Å². The zero-order valence-corrected chi connectivity index (χ0v) is 13.4. The Bertz CT molecular complexity index is 618. The maximum Gasteiger partial charge on any atom is 0.283 e. The summed E-state index contributed by atoms with van der Waals surface area (Å²) in [6.07, 6.45) is 1.63. The molecule has 0 aliphatic carbocycles. The van der Waals surface area contributed by atoms with Crippen LogP contribution in [0.5, 0.6) is 5.75 Å². The number of ether oxygens (including phenoxy) is 1. The summed E-state index contributed by atoms with van der Waals surface area (Å²) in [5.74, 6) is 0.619. The van der Waals surface area contributed by atoms with E-state index in [2.05, 4.69) is 36.8 Å². The molecule has 104 valence electrons. The van der Waals surface area contributed by atoms with Crippen molar-refractivity contribution in [1.29, 1.82) is 0 Å². The number of hydrogen-bond acceptors (Lipinski definition) is 4. The molecule has 1 aromatic heterocycles. The van der Waals surface area contributed by atoms with Gasteiger partial charge in [-0.1, -0.05) is 28.1 Å². The number of nitro groups is 1. The van der Waals surface area contributed by atoms with Gasteiger partial charge in [0.05, 0.1) is 16.8 Å². The van der Waals surface area contributed by atoms with Crippen LogP contribution in [0.25, 0.3) is 0 Å². The van der Waals surface area contributed by atoms with E-state index in [1.165, 1.54) is 6.07 Å². The van der Waals surface area contributed by atoms with Crippen LogP contribution in [0.3, 0.4) is 0 Å². The van der Waals surface area contributed by atoms with Crippen LogP contribution < -0.4 is 4.74 Å². The third kappa shape index (κ3) is 3.55. The molecule has 0 atom stereocenters. The molecule has 5 nitrogen and oxygen atoms in total. The Kier molecular flexibility index (Phi) is 5.08. The maximum atomic E-state index is 10.8. The number of pyridine rings is 1. The number of nitrogens with zero attached hydrogens (tertiary/aromatic N) is 2. The molecule has 0 aliphatic heterocycles. The first kappa shape index (κ1) is 14.9. The Morgan fingerprint density at radius 2 is 2.10 bits per heavy atom. The average molecular weight is 402 g/mol. The van der Waals surface area contributed by atoms with E-state index in [4.69, 9.17) is 4.74 Å². The minimum absolute atomic E-state index is 0.0267. The van der Waals surface area contributed by atoms with Crippen LogP contribution in [-0.4, -0.2) is 9.91 Å². The van der Waals surface area contributed by atoms with Gasteiger partial charge in [0.25, 0.3) is 5.69 Å². The second-order valence-electron chi connectivity index (χ2n) is 3.91. The van der Waals surface area contributed by atoms with E-state index in [-0.39, 0.29) is 12.3 Å². The summed E-state index contributed by atoms with van der Waals surface area (Å²) in [4.78, 5) is 14.6. The van der Waals surface area contributed by atoms with Crippen LogP contribution in [-0.2, 0) is 11.9 Å². The highest BCUT2D eigenvalue weighted by molar-refractivity contribution is 9.10. The Labute approximate surface area is 132 Å². The highest BCUT2D eigenvalue weighted by atomic mass is 79.9. The summed E-state index contributed by atoms with van der Waals surface area (Å²) in [5.41, 5.74) is 1.65. The SMILES string of the molecule is O=[N+]([O-])c1cccc(COc2ccc(CBr)nc2)c1Br. The first-order chi connectivity index (χ1) is 9.61. The average Bonchev–Trinajstić information content (AvgIpc) is 2.46. The largest absolute Gasteiger partial charge is 0.487 e. The first-order valence-electron chi connectivity index (χ1n) is 5.67. The van der Waals surface area contributed by atoms with Crippen LogP contribution in [0.1, 0.15) is 11.3 Å². The van der Waals surface area contributed by atoms with Crippen molar-refractivity contribution < 1.29 is 9.66 Å². The van der Waals surface area contributed by atoms with Crippen molar-refractivity contribution in [2.45, 2.75) is 11.9 Å². The lowest BCUT2D eigenvalue weighted by Crippen LogP contribution is -1.99. The normalized spacial score (nSPS) is 10.3. The van der Waals surface area contributed by atoms with Crippen molar-refractivity contribution >= 4 is 37.5 Å². The molecule has 0 amide bonds. The van der Waals surface area contributed by atoms with Crippen molar-refractivity contribution in [3.63, 3.8) is 0 Å². The second kappa shape index (κ2) is 6.81. The molecule has 0 unspecified atom stereocenters. The van der Waals surface area contributed by atoms with E-state index in [9.17, 15) is 10.1 Å². The first-order valence-corrected chi connectivity index (χ1v) is 7.58. The molecule has 7 heteroatoms. The molecule has 0 radical (unpaired) electrons. The molecule has 2 rings (SSSR count). The van der Waals surface area contributed by atoms with E-state index < -0.39 is 4.92 Å². The highest BCUT2D eigenvalue weighted by Crippen LogP contribution is 2.29. The molecule has 2 aromatic rings. The van der Waals surface area contributed by atoms with Gasteiger partial charge in [-0.2, -0.15) is 0 Å². The lowest BCUT2D eigenvalue weighted by molar-refractivity contribution is -0.385. The molecule has 0 saturated heterocycles. The second-order valence-corrected chi connectivity index (χ2v) is 5.27. The molecule has 0 fully saturated rings. The van der Waals surface area contributed by atoms with Crippen molar-refractivity contribution in [2.75, 3.05) is 0 Å². The topological polar surface area (TPSA) is 65.3 Å². The maximum absolute atomic E-state index is 10.8. The fraction of sp³-hybridized carbons (Fsp3) is 0.154. The lowest BCUT2D eigenvalue weighted by atomic mass is 10.2. The smallest absolute Gasteiger partial charge is 0.283 e. The van der Waals surface area contributed by atoms with Crippen molar-refractivity contribution in [1.82, 2.24) is 4.98 Å². The highest BCUT2D eigenvalue weighted by Gasteiger charge is 2.14. The van der Waals surface area contributed by atoms with Gasteiger partial charge in [-0.05, 0) is 28.1 Å². The molecular weight excluding hydrogens is 392 g/mol. The van der Waals surface area contributed by atoms with Crippen molar-refractivity contribution in [2.24, 2.45) is 0 Å². The van der Waals surface area contributed by atoms with Gasteiger partial charge in [-0.25, -0.2) is 0 Å². The van der Waals surface area contributed by atoms with E-state index in [0.717, 1.165) is 5.69 Å². The van der Waals surface area contributed by atoms with E-state index in [1.54, 1.807) is 18.3 Å². The minimum atomic E-state index is -0.431. The van der Waals surface area contributed by atoms with Crippen molar-refractivity contribution in [3.8, 4) is 5.75 Å². The van der Waals surface area contributed by atoms with Gasteiger partial charge >= 0.3 is 0 Å². The Balaban J connectivity index is 2.10. The molecule has 1 heterocycles. The van der Waals surface area contributed by atoms with E-state index >= 15 is 0 Å². The number of halogens is 2. The molecule has 0 saturated carbocycles. The monoisotopic (exact) mass is 400 g/mol. The van der Waals surface area contributed by atoms with Gasteiger partial charge in [-0.3, -0.25) is 15.1 Å². The molecule has 0 spiro atoms. The Hall–Kier alpha value is -1.47. The quantitative estimate of drug-likeness (QED) is 0.427. The predicted molar refractivity (Wildman–Crippen MR) is 82.0 cm³/mol. The molecule has 0 N–H and O–H groups in total. The van der Waals surface area contributed by atoms with E-state index in [0.29, 0.717) is 21.1 Å². The van der Waals surface area contributed by atoms with Crippen LogP contribution in [0.15, 0.2) is 41.0 Å². The number of benzene rings is 1. The number of alkyl halides is 1. The van der Waals surface area contributed by atoms with Crippen LogP contribution in [0, 0.1) is 10.1 Å². The summed E-state index contributed by atoms with van der Waals surface area (Å²) in [5, 5.41) is 11.5. The summed E-state index contributed by atoms with van der Waals surface area (Å²) in [6, 6.07) is 8.52. The summed E-state index contributed by atoms with van der Waals surface area (Å²) in [7, 11) is 0. The van der Waals surface area contributed by atoms with Gasteiger partial charge in [-0.15, -0.1) is 0 Å². The Morgan fingerprint density at radius 1 is 1.30 bits per heavy atom. The molecule has 1 aromatic carbocycles. The summed E-state index contributed by atoms with van der Waals surface area (Å²) < 4.78 is 6.02. The van der Waals surface area contributed by atoms with Crippen LogP contribution >= 0.6 is 31.9 Å². The lowest BCUT2D eigenvalue weighted by Gasteiger charge is -2.08. The fourth-order valence-corrected chi connectivity index (χ4v) is 2.41. The third-order valence-corrected chi connectivity index (χ3v) is 4.07. The van der Waals surface area contributed by atoms with Gasteiger partial charge in [0.2, 0.25) is 0 Å². The van der Waals surface area contributed by atoms with Gasteiger partial charge in [0.15, 0.2) is 0 Å². The Morgan fingerprint density at radius 3 is 2.70 bits per heavy atom. The predicted octanol–water partition coefficient (Wildman–Crippen LogP) is 4.23. The number of nitro benzene ring substituents is 1. The molecule has 0 bridgehead atoms. The molecule has 0 aliphatic rings. The number of hydrogen-bond donors (Lipinski definition) is 0. The fourth-order valence-electron chi connectivity index (χ4n) is 1.56. The zero-order valence-electron chi connectivity index (χ0n) is 10.3.